The van der Waals surface area contributed by atoms with Gasteiger partial charge < -0.3 is 0 Å². The van der Waals surface area contributed by atoms with Crippen molar-refractivity contribution < 1.29 is 4.79 Å². The SMILES string of the molecule is CCCn1ncnc1CC(=O)c1ccc(Br)cc1. The second-order valence-corrected chi connectivity index (χ2v) is 4.92. The zero-order valence-electron chi connectivity index (χ0n) is 10.1. The Morgan fingerprint density at radius 3 is 2.72 bits per heavy atom. The molecule has 0 bridgehead atoms. The molecule has 2 rings (SSSR count). The molecule has 18 heavy (non-hydrogen) atoms. The fourth-order valence-electron chi connectivity index (χ4n) is 1.71. The minimum absolute atomic E-state index is 0.0628. The summed E-state index contributed by atoms with van der Waals surface area (Å²) in [6, 6.07) is 7.36. The smallest absolute Gasteiger partial charge is 0.170 e. The summed E-state index contributed by atoms with van der Waals surface area (Å²) < 4.78 is 2.75. The van der Waals surface area contributed by atoms with E-state index < -0.39 is 0 Å². The van der Waals surface area contributed by atoms with Gasteiger partial charge in [0.1, 0.15) is 12.2 Å². The molecule has 0 amide bonds. The van der Waals surface area contributed by atoms with E-state index in [4.69, 9.17) is 0 Å². The van der Waals surface area contributed by atoms with Gasteiger partial charge in [-0.1, -0.05) is 35.0 Å². The summed E-state index contributed by atoms with van der Waals surface area (Å²) in [6.07, 6.45) is 2.77. The number of hydrogen-bond acceptors (Lipinski definition) is 3. The summed E-state index contributed by atoms with van der Waals surface area (Å²) in [7, 11) is 0. The summed E-state index contributed by atoms with van der Waals surface area (Å²) >= 11 is 3.35. The number of benzene rings is 1. The van der Waals surface area contributed by atoms with Crippen LogP contribution in [0.3, 0.4) is 0 Å². The molecular weight excluding hydrogens is 294 g/mol. The van der Waals surface area contributed by atoms with Gasteiger partial charge in [-0.2, -0.15) is 5.10 Å². The molecule has 0 saturated carbocycles. The predicted octanol–water partition coefficient (Wildman–Crippen LogP) is 2.88. The minimum atomic E-state index is 0.0628. The quantitative estimate of drug-likeness (QED) is 0.798. The van der Waals surface area contributed by atoms with E-state index in [1.807, 2.05) is 24.3 Å². The van der Waals surface area contributed by atoms with Gasteiger partial charge in [0.25, 0.3) is 0 Å². The third-order valence-corrected chi connectivity index (χ3v) is 3.14. The minimum Gasteiger partial charge on any atom is -0.294 e. The number of aryl methyl sites for hydroxylation is 1. The second-order valence-electron chi connectivity index (χ2n) is 4.01. The maximum Gasteiger partial charge on any atom is 0.170 e. The number of nitrogens with zero attached hydrogens (tertiary/aromatic N) is 3. The fraction of sp³-hybridized carbons (Fsp3) is 0.308. The highest BCUT2D eigenvalue weighted by molar-refractivity contribution is 9.10. The molecule has 5 heteroatoms. The third-order valence-electron chi connectivity index (χ3n) is 2.62. The lowest BCUT2D eigenvalue weighted by Crippen LogP contribution is -2.11. The van der Waals surface area contributed by atoms with Crippen molar-refractivity contribution in [2.75, 3.05) is 0 Å². The van der Waals surface area contributed by atoms with Gasteiger partial charge in [-0.25, -0.2) is 9.67 Å². The molecule has 4 nitrogen and oxygen atoms in total. The maximum atomic E-state index is 12.1. The van der Waals surface area contributed by atoms with Crippen LogP contribution >= 0.6 is 15.9 Å². The molecule has 0 aliphatic heterocycles. The van der Waals surface area contributed by atoms with Gasteiger partial charge in [-0.05, 0) is 18.6 Å². The zero-order chi connectivity index (χ0) is 13.0. The average molecular weight is 308 g/mol. The summed E-state index contributed by atoms with van der Waals surface area (Å²) in [5.74, 6) is 0.789. The molecule has 0 saturated heterocycles. The van der Waals surface area contributed by atoms with Crippen molar-refractivity contribution in [3.05, 3.63) is 46.5 Å². The van der Waals surface area contributed by atoms with Gasteiger partial charge in [-0.15, -0.1) is 0 Å². The number of aromatic nitrogens is 3. The average Bonchev–Trinajstić information content (AvgIpc) is 2.78. The number of carbonyl (C=O) groups excluding carboxylic acids is 1. The molecule has 1 heterocycles. The van der Waals surface area contributed by atoms with Crippen LogP contribution in [0.1, 0.15) is 29.5 Å². The zero-order valence-corrected chi connectivity index (χ0v) is 11.7. The summed E-state index contributed by atoms with van der Waals surface area (Å²) in [5.41, 5.74) is 0.698. The highest BCUT2D eigenvalue weighted by Crippen LogP contribution is 2.12. The van der Waals surface area contributed by atoms with Gasteiger partial charge in [-0.3, -0.25) is 4.79 Å². The van der Waals surface area contributed by atoms with Gasteiger partial charge in [0.05, 0.1) is 6.42 Å². The highest BCUT2D eigenvalue weighted by Gasteiger charge is 2.11. The Morgan fingerprint density at radius 1 is 1.33 bits per heavy atom. The second kappa shape index (κ2) is 5.91. The fourth-order valence-corrected chi connectivity index (χ4v) is 1.97. The summed E-state index contributed by atoms with van der Waals surface area (Å²) in [6.45, 7) is 2.87. The maximum absolute atomic E-state index is 12.1. The topological polar surface area (TPSA) is 47.8 Å². The van der Waals surface area contributed by atoms with Crippen molar-refractivity contribution >= 4 is 21.7 Å². The van der Waals surface area contributed by atoms with Crippen LogP contribution in [0.4, 0.5) is 0 Å². The van der Waals surface area contributed by atoms with E-state index in [1.54, 1.807) is 4.68 Å². The van der Waals surface area contributed by atoms with Crippen molar-refractivity contribution in [2.24, 2.45) is 0 Å². The first-order chi connectivity index (χ1) is 8.70. The third kappa shape index (κ3) is 3.04. The van der Waals surface area contributed by atoms with Crippen LogP contribution in [0.25, 0.3) is 0 Å². The van der Waals surface area contributed by atoms with Crippen LogP contribution in [-0.4, -0.2) is 20.5 Å². The number of Topliss-reactive ketones (excluding diaryl/α,β-unsaturated/α-hetero) is 1. The Morgan fingerprint density at radius 2 is 2.06 bits per heavy atom. The van der Waals surface area contributed by atoms with Crippen molar-refractivity contribution in [1.29, 1.82) is 0 Å². The molecule has 1 aromatic carbocycles. The van der Waals surface area contributed by atoms with E-state index in [-0.39, 0.29) is 5.78 Å². The first-order valence-corrected chi connectivity index (χ1v) is 6.65. The lowest BCUT2D eigenvalue weighted by Gasteiger charge is -2.04. The van der Waals surface area contributed by atoms with Crippen molar-refractivity contribution in [3.8, 4) is 0 Å². The molecule has 0 N–H and O–H groups in total. The molecule has 0 unspecified atom stereocenters. The molecular formula is C13H14BrN3O. The first kappa shape index (κ1) is 13.0. The monoisotopic (exact) mass is 307 g/mol. The molecule has 0 aliphatic rings. The molecule has 1 aromatic heterocycles. The van der Waals surface area contributed by atoms with Crippen LogP contribution in [0.2, 0.25) is 0 Å². The Hall–Kier alpha value is -1.49. The first-order valence-electron chi connectivity index (χ1n) is 5.86. The van der Waals surface area contributed by atoms with Gasteiger partial charge in [0, 0.05) is 16.6 Å². The van der Waals surface area contributed by atoms with Gasteiger partial charge in [0.15, 0.2) is 5.78 Å². The van der Waals surface area contributed by atoms with E-state index in [0.29, 0.717) is 12.0 Å². The standard InChI is InChI=1S/C13H14BrN3O/c1-2-7-17-13(15-9-16-17)8-12(18)10-3-5-11(14)6-4-10/h3-6,9H,2,7-8H2,1H3. The van der Waals surface area contributed by atoms with E-state index in [2.05, 4.69) is 32.9 Å². The highest BCUT2D eigenvalue weighted by atomic mass is 79.9. The van der Waals surface area contributed by atoms with Crippen LogP contribution in [0, 0.1) is 0 Å². The summed E-state index contributed by atoms with van der Waals surface area (Å²) in [4.78, 5) is 16.2. The Balaban J connectivity index is 2.11. The number of rotatable bonds is 5. The Kier molecular flexibility index (Phi) is 4.25. The van der Waals surface area contributed by atoms with E-state index >= 15 is 0 Å². The molecule has 0 fully saturated rings. The van der Waals surface area contributed by atoms with E-state index in [9.17, 15) is 4.79 Å². The molecule has 94 valence electrons. The van der Waals surface area contributed by atoms with Crippen molar-refractivity contribution in [3.63, 3.8) is 0 Å². The predicted molar refractivity (Wildman–Crippen MR) is 72.5 cm³/mol. The molecule has 2 aromatic rings. The lowest BCUT2D eigenvalue weighted by molar-refractivity contribution is 0.0989. The molecule has 0 spiro atoms. The molecule has 0 aliphatic carbocycles. The molecule has 0 radical (unpaired) electrons. The number of carbonyl (C=O) groups is 1. The normalized spacial score (nSPS) is 10.6. The number of halogens is 1. The Labute approximate surface area is 114 Å². The lowest BCUT2D eigenvalue weighted by atomic mass is 10.1. The van der Waals surface area contributed by atoms with Crippen LogP contribution in [0.15, 0.2) is 35.1 Å². The van der Waals surface area contributed by atoms with Crippen molar-refractivity contribution in [2.45, 2.75) is 26.3 Å². The van der Waals surface area contributed by atoms with Crippen LogP contribution < -0.4 is 0 Å². The summed E-state index contributed by atoms with van der Waals surface area (Å²) in [5, 5.41) is 4.11. The largest absolute Gasteiger partial charge is 0.294 e. The van der Waals surface area contributed by atoms with Crippen LogP contribution in [-0.2, 0) is 13.0 Å². The molecule has 0 atom stereocenters. The van der Waals surface area contributed by atoms with Crippen molar-refractivity contribution in [1.82, 2.24) is 14.8 Å². The van der Waals surface area contributed by atoms with Gasteiger partial charge >= 0.3 is 0 Å². The van der Waals surface area contributed by atoms with E-state index in [0.717, 1.165) is 23.3 Å². The number of hydrogen-bond donors (Lipinski definition) is 0. The van der Waals surface area contributed by atoms with E-state index in [1.165, 1.54) is 6.33 Å². The van der Waals surface area contributed by atoms with Gasteiger partial charge in [0.2, 0.25) is 0 Å². The van der Waals surface area contributed by atoms with Crippen LogP contribution in [0.5, 0.6) is 0 Å². The number of ketones is 1. The Bertz CT molecular complexity index is 533.